The van der Waals surface area contributed by atoms with E-state index in [0.29, 0.717) is 0 Å². The number of unbranched alkanes of at least 4 members (excludes halogenated alkanes) is 2. The highest BCUT2D eigenvalue weighted by atomic mass is 28.4. The molecule has 0 aliphatic heterocycles. The summed E-state index contributed by atoms with van der Waals surface area (Å²) in [5.74, 6) is 0. The van der Waals surface area contributed by atoms with Crippen molar-refractivity contribution in [3.05, 3.63) is 0 Å². The Morgan fingerprint density at radius 1 is 0.857 bits per heavy atom. The van der Waals surface area contributed by atoms with Crippen LogP contribution in [-0.4, -0.2) is 16.6 Å². The molecular formula is C11H28OSi2. The SMILES string of the molecule is CCCCC[Si](C)(C)O[Si](C)(C)CC. The van der Waals surface area contributed by atoms with Gasteiger partial charge in [-0.15, -0.1) is 0 Å². The summed E-state index contributed by atoms with van der Waals surface area (Å²) in [6, 6.07) is 2.59. The summed E-state index contributed by atoms with van der Waals surface area (Å²) >= 11 is 0. The van der Waals surface area contributed by atoms with Crippen LogP contribution in [0.3, 0.4) is 0 Å². The van der Waals surface area contributed by atoms with Crippen molar-refractivity contribution in [1.82, 2.24) is 0 Å². The largest absolute Gasteiger partial charge is 0.456 e. The first-order valence-electron chi connectivity index (χ1n) is 6.03. The average molecular weight is 233 g/mol. The third-order valence-electron chi connectivity index (χ3n) is 2.79. The van der Waals surface area contributed by atoms with Gasteiger partial charge in [-0.2, -0.15) is 0 Å². The van der Waals surface area contributed by atoms with Gasteiger partial charge >= 0.3 is 0 Å². The molecule has 0 rings (SSSR count). The molecule has 0 aliphatic carbocycles. The maximum absolute atomic E-state index is 6.40. The van der Waals surface area contributed by atoms with Gasteiger partial charge in [0.2, 0.25) is 0 Å². The molecule has 0 bridgehead atoms. The van der Waals surface area contributed by atoms with E-state index in [4.69, 9.17) is 4.12 Å². The molecule has 0 fully saturated rings. The van der Waals surface area contributed by atoms with Crippen LogP contribution in [0.25, 0.3) is 0 Å². The topological polar surface area (TPSA) is 9.23 Å². The summed E-state index contributed by atoms with van der Waals surface area (Å²) in [7, 11) is -2.65. The molecule has 0 spiro atoms. The molecule has 0 unspecified atom stereocenters. The van der Waals surface area contributed by atoms with Gasteiger partial charge in [0.15, 0.2) is 16.6 Å². The third kappa shape index (κ3) is 6.79. The van der Waals surface area contributed by atoms with Gasteiger partial charge in [-0.3, -0.25) is 0 Å². The molecule has 0 radical (unpaired) electrons. The van der Waals surface area contributed by atoms with Crippen molar-refractivity contribution in [3.63, 3.8) is 0 Å². The average Bonchev–Trinajstić information content (AvgIpc) is 2.03. The standard InChI is InChI=1S/C11H28OSi2/c1-7-9-10-11-14(5,6)12-13(3,4)8-2/h7-11H2,1-6H3. The van der Waals surface area contributed by atoms with Crippen molar-refractivity contribution in [3.8, 4) is 0 Å². The minimum absolute atomic E-state index is 1.25. The molecule has 0 aromatic heterocycles. The van der Waals surface area contributed by atoms with E-state index in [2.05, 4.69) is 40.0 Å². The molecule has 0 atom stereocenters. The zero-order valence-corrected chi connectivity index (χ0v) is 12.9. The number of rotatable bonds is 7. The van der Waals surface area contributed by atoms with Crippen LogP contribution in [0.15, 0.2) is 0 Å². The Morgan fingerprint density at radius 3 is 1.86 bits per heavy atom. The molecule has 0 saturated carbocycles. The minimum atomic E-state index is -1.34. The lowest BCUT2D eigenvalue weighted by atomic mass is 10.3. The highest BCUT2D eigenvalue weighted by molar-refractivity contribution is 6.84. The van der Waals surface area contributed by atoms with E-state index in [0.717, 1.165) is 0 Å². The molecular weight excluding hydrogens is 204 g/mol. The second-order valence-electron chi connectivity index (χ2n) is 5.43. The Bertz CT molecular complexity index is 155. The second-order valence-corrected chi connectivity index (χ2v) is 14.5. The lowest BCUT2D eigenvalue weighted by molar-refractivity contribution is 0.533. The maximum atomic E-state index is 6.40. The fourth-order valence-electron chi connectivity index (χ4n) is 1.67. The summed E-state index contributed by atoms with van der Waals surface area (Å²) in [5, 5.41) is 0. The van der Waals surface area contributed by atoms with Crippen LogP contribution in [0.1, 0.15) is 33.1 Å². The molecule has 14 heavy (non-hydrogen) atoms. The fraction of sp³-hybridized carbons (Fsp3) is 1.00. The molecule has 0 heterocycles. The summed E-state index contributed by atoms with van der Waals surface area (Å²) < 4.78 is 6.40. The van der Waals surface area contributed by atoms with Crippen LogP contribution in [0.4, 0.5) is 0 Å². The molecule has 0 aromatic carbocycles. The van der Waals surface area contributed by atoms with Crippen LogP contribution in [0.5, 0.6) is 0 Å². The van der Waals surface area contributed by atoms with Crippen molar-refractivity contribution < 1.29 is 4.12 Å². The number of hydrogen-bond donors (Lipinski definition) is 0. The smallest absolute Gasteiger partial charge is 0.173 e. The Morgan fingerprint density at radius 2 is 1.43 bits per heavy atom. The van der Waals surface area contributed by atoms with Crippen LogP contribution < -0.4 is 0 Å². The molecule has 3 heteroatoms. The molecule has 0 amide bonds. The van der Waals surface area contributed by atoms with Gasteiger partial charge in [0.1, 0.15) is 0 Å². The Kier molecular flexibility index (Phi) is 6.25. The maximum Gasteiger partial charge on any atom is 0.173 e. The van der Waals surface area contributed by atoms with Crippen molar-refractivity contribution in [2.45, 2.75) is 71.4 Å². The predicted molar refractivity (Wildman–Crippen MR) is 70.9 cm³/mol. The molecule has 0 saturated heterocycles. The first-order chi connectivity index (χ1) is 6.33. The lowest BCUT2D eigenvalue weighted by Crippen LogP contribution is -2.43. The van der Waals surface area contributed by atoms with E-state index < -0.39 is 16.6 Å². The van der Waals surface area contributed by atoms with Crippen LogP contribution in [0.2, 0.25) is 38.3 Å². The van der Waals surface area contributed by atoms with E-state index in [-0.39, 0.29) is 0 Å². The van der Waals surface area contributed by atoms with Gasteiger partial charge in [0.25, 0.3) is 0 Å². The summed E-state index contributed by atoms with van der Waals surface area (Å²) in [4.78, 5) is 0. The highest BCUT2D eigenvalue weighted by Crippen LogP contribution is 2.23. The van der Waals surface area contributed by atoms with Crippen molar-refractivity contribution in [2.75, 3.05) is 0 Å². The zero-order valence-electron chi connectivity index (χ0n) is 10.9. The van der Waals surface area contributed by atoms with Crippen molar-refractivity contribution >= 4 is 16.6 Å². The van der Waals surface area contributed by atoms with Gasteiger partial charge in [0.05, 0.1) is 0 Å². The Balaban J connectivity index is 3.93. The van der Waals surface area contributed by atoms with E-state index in [1.54, 1.807) is 0 Å². The zero-order chi connectivity index (χ0) is 11.2. The minimum Gasteiger partial charge on any atom is -0.456 e. The van der Waals surface area contributed by atoms with Gasteiger partial charge in [-0.05, 0) is 38.3 Å². The Hall–Kier alpha value is 0.394. The number of hydrogen-bond acceptors (Lipinski definition) is 1. The van der Waals surface area contributed by atoms with Gasteiger partial charge in [-0.1, -0.05) is 33.1 Å². The third-order valence-corrected chi connectivity index (χ3v) is 10.5. The monoisotopic (exact) mass is 232 g/mol. The van der Waals surface area contributed by atoms with Crippen LogP contribution in [-0.2, 0) is 4.12 Å². The Labute approximate surface area is 92.5 Å². The van der Waals surface area contributed by atoms with E-state index in [1.807, 2.05) is 0 Å². The van der Waals surface area contributed by atoms with E-state index in [9.17, 15) is 0 Å². The fourth-order valence-corrected chi connectivity index (χ4v) is 9.74. The van der Waals surface area contributed by atoms with Crippen LogP contribution in [0, 0.1) is 0 Å². The predicted octanol–water partition coefficient (Wildman–Crippen LogP) is 4.62. The van der Waals surface area contributed by atoms with E-state index in [1.165, 1.54) is 31.4 Å². The van der Waals surface area contributed by atoms with Gasteiger partial charge in [-0.25, -0.2) is 0 Å². The summed E-state index contributed by atoms with van der Waals surface area (Å²) in [5.41, 5.74) is 0. The molecule has 0 aliphatic rings. The first-order valence-corrected chi connectivity index (χ1v) is 12.3. The van der Waals surface area contributed by atoms with E-state index >= 15 is 0 Å². The van der Waals surface area contributed by atoms with Crippen LogP contribution >= 0.6 is 0 Å². The molecule has 1 nitrogen and oxygen atoms in total. The van der Waals surface area contributed by atoms with Gasteiger partial charge < -0.3 is 4.12 Å². The highest BCUT2D eigenvalue weighted by Gasteiger charge is 2.30. The molecule has 86 valence electrons. The summed E-state index contributed by atoms with van der Waals surface area (Å²) in [6.45, 7) is 14.0. The molecule has 0 aromatic rings. The quantitative estimate of drug-likeness (QED) is 0.459. The lowest BCUT2D eigenvalue weighted by Gasteiger charge is -2.33. The van der Waals surface area contributed by atoms with Crippen molar-refractivity contribution in [1.29, 1.82) is 0 Å². The van der Waals surface area contributed by atoms with Gasteiger partial charge in [0, 0.05) is 0 Å². The first kappa shape index (κ1) is 14.4. The molecule has 0 N–H and O–H groups in total. The normalized spacial score (nSPS) is 13.3. The second kappa shape index (κ2) is 6.08. The van der Waals surface area contributed by atoms with Crippen molar-refractivity contribution in [2.24, 2.45) is 0 Å². The summed E-state index contributed by atoms with van der Waals surface area (Å²) in [6.07, 6.45) is 4.05.